The van der Waals surface area contributed by atoms with E-state index < -0.39 is 0 Å². The van der Waals surface area contributed by atoms with Gasteiger partial charge in [0.1, 0.15) is 6.10 Å². The first-order chi connectivity index (χ1) is 11.7. The Morgan fingerprint density at radius 3 is 2.83 bits per heavy atom. The Hall–Kier alpha value is -2.11. The molecule has 0 radical (unpaired) electrons. The number of ether oxygens (including phenoxy) is 1. The van der Waals surface area contributed by atoms with Crippen molar-refractivity contribution >= 4 is 32.7 Å². The predicted molar refractivity (Wildman–Crippen MR) is 97.0 cm³/mol. The summed E-state index contributed by atoms with van der Waals surface area (Å²) in [6, 6.07) is 15.9. The van der Waals surface area contributed by atoms with E-state index in [9.17, 15) is 4.79 Å². The first-order valence-electron chi connectivity index (χ1n) is 7.94. The summed E-state index contributed by atoms with van der Waals surface area (Å²) in [5, 5.41) is 1.11. The molecule has 2 aromatic carbocycles. The smallest absolute Gasteiger partial charge is 0.254 e. The van der Waals surface area contributed by atoms with E-state index in [2.05, 4.69) is 20.9 Å². The quantitative estimate of drug-likeness (QED) is 0.721. The molecule has 1 amide bonds. The predicted octanol–water partition coefficient (Wildman–Crippen LogP) is 4.14. The van der Waals surface area contributed by atoms with Crippen LogP contribution in [0, 0.1) is 0 Å². The van der Waals surface area contributed by atoms with Crippen molar-refractivity contribution in [3.63, 3.8) is 0 Å². The van der Waals surface area contributed by atoms with Gasteiger partial charge in [-0.1, -0.05) is 34.1 Å². The summed E-state index contributed by atoms with van der Waals surface area (Å²) in [4.78, 5) is 17.9. The number of rotatable bonds is 2. The summed E-state index contributed by atoms with van der Waals surface area (Å²) in [7, 11) is 0. The number of aromatic amines is 1. The molecule has 1 aliphatic heterocycles. The van der Waals surface area contributed by atoms with Crippen molar-refractivity contribution in [1.29, 1.82) is 0 Å². The molecule has 0 unspecified atom stereocenters. The van der Waals surface area contributed by atoms with Crippen molar-refractivity contribution in [2.45, 2.75) is 6.10 Å². The molecular formula is C19H17BrN2O2. The molecule has 4 nitrogen and oxygen atoms in total. The van der Waals surface area contributed by atoms with Crippen LogP contribution in [0.15, 0.2) is 59.2 Å². The molecule has 1 saturated heterocycles. The zero-order valence-electron chi connectivity index (χ0n) is 13.0. The molecule has 1 aliphatic rings. The highest BCUT2D eigenvalue weighted by molar-refractivity contribution is 9.10. The molecule has 1 fully saturated rings. The number of halogens is 1. The number of carbonyl (C=O) groups excluding carboxylic acids is 1. The lowest BCUT2D eigenvalue weighted by Crippen LogP contribution is -2.42. The molecule has 1 aromatic heterocycles. The van der Waals surface area contributed by atoms with Crippen molar-refractivity contribution in [3.05, 3.63) is 70.3 Å². The monoisotopic (exact) mass is 384 g/mol. The van der Waals surface area contributed by atoms with Gasteiger partial charge in [-0.15, -0.1) is 0 Å². The molecule has 24 heavy (non-hydrogen) atoms. The van der Waals surface area contributed by atoms with Gasteiger partial charge in [-0.25, -0.2) is 0 Å². The lowest BCUT2D eigenvalue weighted by Gasteiger charge is -2.33. The topological polar surface area (TPSA) is 45.3 Å². The van der Waals surface area contributed by atoms with Crippen LogP contribution in [-0.2, 0) is 4.74 Å². The average molecular weight is 385 g/mol. The van der Waals surface area contributed by atoms with Gasteiger partial charge in [0.25, 0.3) is 5.91 Å². The molecule has 0 saturated carbocycles. The fraction of sp³-hybridized carbons (Fsp3) is 0.211. The SMILES string of the molecule is O=C(c1ccc2cc[nH]c2c1)N1CCO[C@@H](c2ccc(Br)cc2)C1. The lowest BCUT2D eigenvalue weighted by atomic mass is 10.1. The van der Waals surface area contributed by atoms with Gasteiger partial charge >= 0.3 is 0 Å². The number of aromatic nitrogens is 1. The van der Waals surface area contributed by atoms with E-state index in [1.54, 1.807) is 0 Å². The molecule has 0 spiro atoms. The molecule has 1 N–H and O–H groups in total. The first-order valence-corrected chi connectivity index (χ1v) is 8.73. The number of hydrogen-bond acceptors (Lipinski definition) is 2. The number of carbonyl (C=O) groups is 1. The van der Waals surface area contributed by atoms with E-state index in [0.29, 0.717) is 25.3 Å². The molecule has 122 valence electrons. The second-order valence-corrected chi connectivity index (χ2v) is 6.86. The first kappa shape index (κ1) is 15.4. The van der Waals surface area contributed by atoms with Crippen LogP contribution in [-0.4, -0.2) is 35.5 Å². The van der Waals surface area contributed by atoms with E-state index in [0.717, 1.165) is 20.9 Å². The number of benzene rings is 2. The Bertz CT molecular complexity index is 872. The van der Waals surface area contributed by atoms with Crippen molar-refractivity contribution < 1.29 is 9.53 Å². The van der Waals surface area contributed by atoms with Gasteiger partial charge in [-0.2, -0.15) is 0 Å². The molecule has 1 atom stereocenters. The standard InChI is InChI=1S/C19H17BrN2O2/c20-16-5-3-14(4-6-16)18-12-22(9-10-24-18)19(23)15-2-1-13-7-8-21-17(13)11-15/h1-8,11,18,21H,9-10,12H2/t18-/m1/s1. The largest absolute Gasteiger partial charge is 0.370 e. The summed E-state index contributed by atoms with van der Waals surface area (Å²) in [5.41, 5.74) is 2.79. The van der Waals surface area contributed by atoms with Crippen molar-refractivity contribution in [3.8, 4) is 0 Å². The van der Waals surface area contributed by atoms with Gasteiger partial charge < -0.3 is 14.6 Å². The highest BCUT2D eigenvalue weighted by Gasteiger charge is 2.26. The second-order valence-electron chi connectivity index (χ2n) is 5.94. The number of fused-ring (bicyclic) bond motifs is 1. The summed E-state index contributed by atoms with van der Waals surface area (Å²) < 4.78 is 6.90. The Labute approximate surface area is 148 Å². The average Bonchev–Trinajstić information content (AvgIpc) is 3.09. The van der Waals surface area contributed by atoms with Crippen molar-refractivity contribution in [2.24, 2.45) is 0 Å². The third-order valence-corrected chi connectivity index (χ3v) is 4.93. The van der Waals surface area contributed by atoms with Crippen LogP contribution in [0.4, 0.5) is 0 Å². The zero-order valence-corrected chi connectivity index (χ0v) is 14.6. The Morgan fingerprint density at radius 2 is 2.00 bits per heavy atom. The Kier molecular flexibility index (Phi) is 4.12. The highest BCUT2D eigenvalue weighted by atomic mass is 79.9. The number of H-pyrrole nitrogens is 1. The molecule has 2 heterocycles. The Balaban J connectivity index is 1.54. The van der Waals surface area contributed by atoms with E-state index in [1.807, 2.05) is 59.6 Å². The van der Waals surface area contributed by atoms with Crippen LogP contribution in [0.3, 0.4) is 0 Å². The molecule has 0 bridgehead atoms. The van der Waals surface area contributed by atoms with Gasteiger partial charge in [0.2, 0.25) is 0 Å². The van der Waals surface area contributed by atoms with Crippen LogP contribution in [0.2, 0.25) is 0 Å². The van der Waals surface area contributed by atoms with E-state index >= 15 is 0 Å². The summed E-state index contributed by atoms with van der Waals surface area (Å²) in [6.07, 6.45) is 1.81. The summed E-state index contributed by atoms with van der Waals surface area (Å²) in [6.45, 7) is 1.75. The van der Waals surface area contributed by atoms with Crippen LogP contribution in [0.1, 0.15) is 22.0 Å². The minimum atomic E-state index is -0.0787. The van der Waals surface area contributed by atoms with E-state index in [4.69, 9.17) is 4.74 Å². The molecule has 4 rings (SSSR count). The number of nitrogens with zero attached hydrogens (tertiary/aromatic N) is 1. The van der Waals surface area contributed by atoms with Crippen LogP contribution >= 0.6 is 15.9 Å². The van der Waals surface area contributed by atoms with Crippen LogP contribution in [0.25, 0.3) is 10.9 Å². The fourth-order valence-corrected chi connectivity index (χ4v) is 3.34. The molecule has 3 aromatic rings. The van der Waals surface area contributed by atoms with Crippen LogP contribution < -0.4 is 0 Å². The number of amides is 1. The maximum atomic E-state index is 12.8. The number of hydrogen-bond donors (Lipinski definition) is 1. The minimum absolute atomic E-state index is 0.0527. The molecular weight excluding hydrogens is 368 g/mol. The lowest BCUT2D eigenvalue weighted by molar-refractivity contribution is -0.0228. The zero-order chi connectivity index (χ0) is 16.5. The molecule has 0 aliphatic carbocycles. The Morgan fingerprint density at radius 1 is 1.17 bits per heavy atom. The van der Waals surface area contributed by atoms with Gasteiger partial charge in [-0.3, -0.25) is 4.79 Å². The number of nitrogens with one attached hydrogen (secondary N) is 1. The van der Waals surface area contributed by atoms with Gasteiger partial charge in [0.05, 0.1) is 13.2 Å². The minimum Gasteiger partial charge on any atom is -0.370 e. The van der Waals surface area contributed by atoms with Crippen molar-refractivity contribution in [1.82, 2.24) is 9.88 Å². The molecule has 5 heteroatoms. The third kappa shape index (κ3) is 2.97. The van der Waals surface area contributed by atoms with Crippen molar-refractivity contribution in [2.75, 3.05) is 19.7 Å². The maximum absolute atomic E-state index is 12.8. The summed E-state index contributed by atoms with van der Waals surface area (Å²) in [5.74, 6) is 0.0527. The normalized spacial score (nSPS) is 18.0. The number of morpholine rings is 1. The summed E-state index contributed by atoms with van der Waals surface area (Å²) >= 11 is 3.44. The van der Waals surface area contributed by atoms with E-state index in [-0.39, 0.29) is 12.0 Å². The second kappa shape index (κ2) is 6.42. The fourth-order valence-electron chi connectivity index (χ4n) is 3.08. The maximum Gasteiger partial charge on any atom is 0.254 e. The highest BCUT2D eigenvalue weighted by Crippen LogP contribution is 2.25. The van der Waals surface area contributed by atoms with Crippen LogP contribution in [0.5, 0.6) is 0 Å². The van der Waals surface area contributed by atoms with Gasteiger partial charge in [-0.05, 0) is 41.3 Å². The third-order valence-electron chi connectivity index (χ3n) is 4.40. The van der Waals surface area contributed by atoms with Gasteiger partial charge in [0, 0.05) is 28.3 Å². The van der Waals surface area contributed by atoms with E-state index in [1.165, 1.54) is 0 Å². The van der Waals surface area contributed by atoms with Gasteiger partial charge in [0.15, 0.2) is 0 Å².